The number of likely N-dealkylation sites (tertiary alicyclic amines) is 1. The highest BCUT2D eigenvalue weighted by Gasteiger charge is 2.47. The van der Waals surface area contributed by atoms with Gasteiger partial charge in [-0.1, -0.05) is 0 Å². The van der Waals surface area contributed by atoms with E-state index < -0.39 is 0 Å². The van der Waals surface area contributed by atoms with Crippen LogP contribution in [0.1, 0.15) is 32.1 Å². The summed E-state index contributed by atoms with van der Waals surface area (Å²) in [5.41, 5.74) is -0.256. The van der Waals surface area contributed by atoms with Crippen LogP contribution in [-0.2, 0) is 9.59 Å². The summed E-state index contributed by atoms with van der Waals surface area (Å²) in [6.07, 6.45) is 3.36. The van der Waals surface area contributed by atoms with Gasteiger partial charge in [-0.3, -0.25) is 14.5 Å². The molecule has 1 saturated carbocycles. The minimum Gasteiger partial charge on any atom is -0.300 e. The smallest absolute Gasteiger partial charge is 0.154 e. The molecule has 1 spiro atoms. The van der Waals surface area contributed by atoms with Gasteiger partial charge in [0.15, 0.2) is 5.78 Å². The Labute approximate surface area is 78.1 Å². The number of hydrogen-bond acceptors (Lipinski definition) is 3. The molecule has 3 nitrogen and oxygen atoms in total. The van der Waals surface area contributed by atoms with E-state index in [4.69, 9.17) is 0 Å². The summed E-state index contributed by atoms with van der Waals surface area (Å²) in [4.78, 5) is 24.9. The van der Waals surface area contributed by atoms with Crippen molar-refractivity contribution in [2.75, 3.05) is 13.6 Å². The van der Waals surface area contributed by atoms with Gasteiger partial charge >= 0.3 is 0 Å². The van der Waals surface area contributed by atoms with Gasteiger partial charge in [-0.05, 0) is 19.9 Å². The van der Waals surface area contributed by atoms with Crippen molar-refractivity contribution in [1.29, 1.82) is 0 Å². The number of hydrogen-bond donors (Lipinski definition) is 0. The molecule has 0 aromatic heterocycles. The third-order valence-electron chi connectivity index (χ3n) is 3.56. The lowest BCUT2D eigenvalue weighted by atomic mass is 9.78. The first-order valence-corrected chi connectivity index (χ1v) is 4.91. The quantitative estimate of drug-likeness (QED) is 0.554. The summed E-state index contributed by atoms with van der Waals surface area (Å²) in [5, 5.41) is 0. The van der Waals surface area contributed by atoms with Gasteiger partial charge in [0.2, 0.25) is 0 Å². The van der Waals surface area contributed by atoms with Crippen molar-refractivity contribution in [3.8, 4) is 0 Å². The van der Waals surface area contributed by atoms with Crippen LogP contribution in [0.4, 0.5) is 0 Å². The molecule has 0 bridgehead atoms. The predicted molar refractivity (Wildman–Crippen MR) is 48.5 cm³/mol. The monoisotopic (exact) mass is 181 g/mol. The van der Waals surface area contributed by atoms with Crippen LogP contribution in [0.3, 0.4) is 0 Å². The molecule has 1 heterocycles. The summed E-state index contributed by atoms with van der Waals surface area (Å²) < 4.78 is 0. The number of carbonyl (C=O) groups excluding carboxylic acids is 2. The van der Waals surface area contributed by atoms with Crippen molar-refractivity contribution < 1.29 is 9.59 Å². The molecular formula is C10H15NO2. The SMILES string of the molecule is CN1CCC(=O)C12CCC(=O)CC2. The first kappa shape index (κ1) is 8.88. The van der Waals surface area contributed by atoms with E-state index in [9.17, 15) is 9.59 Å². The molecule has 2 rings (SSSR count). The maximum absolute atomic E-state index is 11.7. The average Bonchev–Trinajstić information content (AvgIpc) is 2.39. The van der Waals surface area contributed by atoms with Crippen LogP contribution in [-0.4, -0.2) is 35.6 Å². The lowest BCUT2D eigenvalue weighted by molar-refractivity contribution is -0.130. The molecule has 0 amide bonds. The molecule has 0 atom stereocenters. The fraction of sp³-hybridized carbons (Fsp3) is 0.800. The molecular weight excluding hydrogens is 166 g/mol. The molecule has 13 heavy (non-hydrogen) atoms. The van der Waals surface area contributed by atoms with E-state index in [0.29, 0.717) is 30.8 Å². The maximum Gasteiger partial charge on any atom is 0.154 e. The summed E-state index contributed by atoms with van der Waals surface area (Å²) in [5.74, 6) is 0.668. The molecule has 0 N–H and O–H groups in total. The minimum absolute atomic E-state index is 0.256. The van der Waals surface area contributed by atoms with Crippen molar-refractivity contribution in [3.63, 3.8) is 0 Å². The molecule has 72 valence electrons. The van der Waals surface area contributed by atoms with Crippen molar-refractivity contribution in [3.05, 3.63) is 0 Å². The largest absolute Gasteiger partial charge is 0.300 e. The Kier molecular flexibility index (Phi) is 1.99. The first-order valence-electron chi connectivity index (χ1n) is 4.91. The van der Waals surface area contributed by atoms with Gasteiger partial charge < -0.3 is 0 Å². The summed E-state index contributed by atoms with van der Waals surface area (Å²) in [6, 6.07) is 0. The van der Waals surface area contributed by atoms with Crippen LogP contribution in [0.15, 0.2) is 0 Å². The van der Waals surface area contributed by atoms with E-state index in [1.165, 1.54) is 0 Å². The second-order valence-electron chi connectivity index (χ2n) is 4.16. The van der Waals surface area contributed by atoms with Gasteiger partial charge in [0.1, 0.15) is 5.78 Å². The van der Waals surface area contributed by atoms with Crippen LogP contribution in [0.2, 0.25) is 0 Å². The normalized spacial score (nSPS) is 28.7. The van der Waals surface area contributed by atoms with Gasteiger partial charge in [0.05, 0.1) is 5.54 Å². The molecule has 1 saturated heterocycles. The number of nitrogens with zero attached hydrogens (tertiary/aromatic N) is 1. The lowest BCUT2D eigenvalue weighted by Gasteiger charge is -2.37. The average molecular weight is 181 g/mol. The molecule has 3 heteroatoms. The van der Waals surface area contributed by atoms with E-state index in [2.05, 4.69) is 4.90 Å². The lowest BCUT2D eigenvalue weighted by Crippen LogP contribution is -2.49. The Morgan fingerprint density at radius 3 is 2.23 bits per heavy atom. The maximum atomic E-state index is 11.7. The Morgan fingerprint density at radius 1 is 1.15 bits per heavy atom. The molecule has 1 aliphatic carbocycles. The van der Waals surface area contributed by atoms with E-state index in [-0.39, 0.29) is 5.54 Å². The Hall–Kier alpha value is -0.700. The number of likely N-dealkylation sites (N-methyl/N-ethyl adjacent to an activating group) is 1. The van der Waals surface area contributed by atoms with Crippen LogP contribution in [0.25, 0.3) is 0 Å². The number of ketones is 2. The second kappa shape index (κ2) is 2.91. The Balaban J connectivity index is 2.19. The molecule has 0 radical (unpaired) electrons. The van der Waals surface area contributed by atoms with Gasteiger partial charge in [-0.2, -0.15) is 0 Å². The minimum atomic E-state index is -0.256. The molecule has 2 aliphatic rings. The van der Waals surface area contributed by atoms with Gasteiger partial charge in [-0.15, -0.1) is 0 Å². The van der Waals surface area contributed by atoms with Crippen LogP contribution in [0.5, 0.6) is 0 Å². The highest BCUT2D eigenvalue weighted by Crippen LogP contribution is 2.36. The molecule has 0 aromatic rings. The number of rotatable bonds is 0. The van der Waals surface area contributed by atoms with E-state index in [1.54, 1.807) is 0 Å². The summed E-state index contributed by atoms with van der Waals surface area (Å²) >= 11 is 0. The summed E-state index contributed by atoms with van der Waals surface area (Å²) in [6.45, 7) is 0.868. The van der Waals surface area contributed by atoms with E-state index in [0.717, 1.165) is 19.4 Å². The fourth-order valence-electron chi connectivity index (χ4n) is 2.53. The molecule has 0 aromatic carbocycles. The fourth-order valence-corrected chi connectivity index (χ4v) is 2.53. The molecule has 2 fully saturated rings. The summed E-state index contributed by atoms with van der Waals surface area (Å²) in [7, 11) is 2.00. The van der Waals surface area contributed by atoms with Crippen molar-refractivity contribution in [1.82, 2.24) is 4.90 Å². The highest BCUT2D eigenvalue weighted by atomic mass is 16.1. The number of Topliss-reactive ketones (excluding diaryl/α,β-unsaturated/α-hetero) is 2. The standard InChI is InChI=1S/C10H15NO2/c1-11-7-4-9(13)10(11)5-2-8(12)3-6-10/h2-7H2,1H3. The zero-order valence-electron chi connectivity index (χ0n) is 8.01. The zero-order valence-corrected chi connectivity index (χ0v) is 8.01. The third-order valence-corrected chi connectivity index (χ3v) is 3.56. The van der Waals surface area contributed by atoms with Crippen molar-refractivity contribution >= 4 is 11.6 Å². The topological polar surface area (TPSA) is 37.4 Å². The van der Waals surface area contributed by atoms with Crippen molar-refractivity contribution in [2.45, 2.75) is 37.6 Å². The number of carbonyl (C=O) groups is 2. The predicted octanol–water partition coefficient (Wildman–Crippen LogP) is 0.773. The Bertz CT molecular complexity index is 250. The van der Waals surface area contributed by atoms with Crippen LogP contribution in [0, 0.1) is 0 Å². The van der Waals surface area contributed by atoms with E-state index in [1.807, 2.05) is 7.05 Å². The van der Waals surface area contributed by atoms with Crippen LogP contribution < -0.4 is 0 Å². The highest BCUT2D eigenvalue weighted by molar-refractivity contribution is 5.93. The zero-order chi connectivity index (χ0) is 9.47. The Morgan fingerprint density at radius 2 is 1.77 bits per heavy atom. The molecule has 0 unspecified atom stereocenters. The van der Waals surface area contributed by atoms with Gasteiger partial charge in [-0.25, -0.2) is 0 Å². The molecule has 1 aliphatic heterocycles. The first-order chi connectivity index (χ1) is 6.15. The second-order valence-corrected chi connectivity index (χ2v) is 4.16. The van der Waals surface area contributed by atoms with Crippen LogP contribution >= 0.6 is 0 Å². The third kappa shape index (κ3) is 1.22. The van der Waals surface area contributed by atoms with Gasteiger partial charge in [0, 0.05) is 25.8 Å². The van der Waals surface area contributed by atoms with Gasteiger partial charge in [0.25, 0.3) is 0 Å². The van der Waals surface area contributed by atoms with E-state index >= 15 is 0 Å². The van der Waals surface area contributed by atoms with Crippen molar-refractivity contribution in [2.24, 2.45) is 0 Å².